The molecule has 0 atom stereocenters. The molecule has 1 amide bonds. The van der Waals surface area contributed by atoms with Gasteiger partial charge < -0.3 is 10.6 Å². The van der Waals surface area contributed by atoms with E-state index in [1.807, 2.05) is 58.0 Å². The van der Waals surface area contributed by atoms with E-state index in [9.17, 15) is 4.79 Å². The monoisotopic (exact) mass is 380 g/mol. The first-order valence-electron chi connectivity index (χ1n) is 8.58. The molecule has 0 unspecified atom stereocenters. The largest absolute Gasteiger partial charge is 0.324 e. The predicted molar refractivity (Wildman–Crippen MR) is 110 cm³/mol. The van der Waals surface area contributed by atoms with Crippen LogP contribution in [0.3, 0.4) is 0 Å². The number of nitrogens with zero attached hydrogens (tertiary/aromatic N) is 2. The molecule has 3 rings (SSSR count). The van der Waals surface area contributed by atoms with Crippen LogP contribution in [0.4, 0.5) is 17.3 Å². The van der Waals surface area contributed by atoms with Gasteiger partial charge in [0.1, 0.15) is 0 Å². The SMILES string of the molecule is Cc1cc(C)c(NC(=O)c2cnc(Nc3ccc(C)c(Cl)c3)nc2)c(C)c1. The second kappa shape index (κ2) is 7.76. The summed E-state index contributed by atoms with van der Waals surface area (Å²) in [5, 5.41) is 6.69. The first-order chi connectivity index (χ1) is 12.8. The molecule has 0 saturated carbocycles. The number of amides is 1. The van der Waals surface area contributed by atoms with Crippen molar-refractivity contribution in [3.63, 3.8) is 0 Å². The molecule has 2 N–H and O–H groups in total. The molecular formula is C21H21ClN4O. The lowest BCUT2D eigenvalue weighted by Crippen LogP contribution is -2.15. The highest BCUT2D eigenvalue weighted by Crippen LogP contribution is 2.23. The maximum absolute atomic E-state index is 12.5. The second-order valence-electron chi connectivity index (χ2n) is 6.61. The highest BCUT2D eigenvalue weighted by molar-refractivity contribution is 6.31. The molecule has 5 nitrogen and oxygen atoms in total. The van der Waals surface area contributed by atoms with Crippen LogP contribution in [0.2, 0.25) is 5.02 Å². The van der Waals surface area contributed by atoms with Crippen LogP contribution in [0.25, 0.3) is 0 Å². The van der Waals surface area contributed by atoms with E-state index in [0.717, 1.165) is 33.6 Å². The van der Waals surface area contributed by atoms with E-state index < -0.39 is 0 Å². The molecular weight excluding hydrogens is 360 g/mol. The summed E-state index contributed by atoms with van der Waals surface area (Å²) in [5.41, 5.74) is 6.21. The number of halogens is 1. The van der Waals surface area contributed by atoms with Gasteiger partial charge in [-0.3, -0.25) is 4.79 Å². The Morgan fingerprint density at radius 3 is 2.15 bits per heavy atom. The van der Waals surface area contributed by atoms with Crippen molar-refractivity contribution in [1.29, 1.82) is 0 Å². The number of benzene rings is 2. The van der Waals surface area contributed by atoms with Crippen LogP contribution >= 0.6 is 11.6 Å². The van der Waals surface area contributed by atoms with Crippen molar-refractivity contribution in [2.45, 2.75) is 27.7 Å². The van der Waals surface area contributed by atoms with E-state index in [1.54, 1.807) is 0 Å². The number of aromatic nitrogens is 2. The number of anilines is 3. The molecule has 138 valence electrons. The summed E-state index contributed by atoms with van der Waals surface area (Å²) < 4.78 is 0. The zero-order chi connectivity index (χ0) is 19.6. The molecule has 27 heavy (non-hydrogen) atoms. The molecule has 0 bridgehead atoms. The highest BCUT2D eigenvalue weighted by atomic mass is 35.5. The van der Waals surface area contributed by atoms with Crippen LogP contribution in [-0.4, -0.2) is 15.9 Å². The fraction of sp³-hybridized carbons (Fsp3) is 0.190. The smallest absolute Gasteiger partial charge is 0.258 e. The van der Waals surface area contributed by atoms with Gasteiger partial charge in [0.15, 0.2) is 0 Å². The Morgan fingerprint density at radius 1 is 0.926 bits per heavy atom. The zero-order valence-corrected chi connectivity index (χ0v) is 16.5. The van der Waals surface area contributed by atoms with Crippen LogP contribution in [0.1, 0.15) is 32.6 Å². The van der Waals surface area contributed by atoms with Gasteiger partial charge in [0.2, 0.25) is 5.95 Å². The third-order valence-corrected chi connectivity index (χ3v) is 4.66. The van der Waals surface area contributed by atoms with E-state index in [-0.39, 0.29) is 5.91 Å². The summed E-state index contributed by atoms with van der Waals surface area (Å²) in [6.45, 7) is 7.93. The third kappa shape index (κ3) is 4.44. The van der Waals surface area contributed by atoms with Crippen LogP contribution in [0, 0.1) is 27.7 Å². The molecule has 0 radical (unpaired) electrons. The lowest BCUT2D eigenvalue weighted by Gasteiger charge is -2.13. The van der Waals surface area contributed by atoms with Gasteiger partial charge in [-0.25, -0.2) is 9.97 Å². The Balaban J connectivity index is 1.73. The zero-order valence-electron chi connectivity index (χ0n) is 15.7. The summed E-state index contributed by atoms with van der Waals surface area (Å²) in [6.07, 6.45) is 3.00. The maximum Gasteiger partial charge on any atom is 0.258 e. The Bertz CT molecular complexity index is 977. The van der Waals surface area contributed by atoms with Crippen LogP contribution in [0.5, 0.6) is 0 Å². The number of hydrogen-bond acceptors (Lipinski definition) is 4. The molecule has 2 aromatic carbocycles. The van der Waals surface area contributed by atoms with Gasteiger partial charge in [-0.1, -0.05) is 35.4 Å². The molecule has 6 heteroatoms. The number of nitrogens with one attached hydrogen (secondary N) is 2. The Kier molecular flexibility index (Phi) is 5.42. The Labute approximate surface area is 163 Å². The third-order valence-electron chi connectivity index (χ3n) is 4.26. The first kappa shape index (κ1) is 18.9. The standard InChI is InChI=1S/C21H21ClN4O/c1-12-7-14(3)19(15(4)8-12)26-20(27)16-10-23-21(24-11-16)25-17-6-5-13(2)18(22)9-17/h5-11H,1-4H3,(H,26,27)(H,23,24,25). The summed E-state index contributed by atoms with van der Waals surface area (Å²) in [6, 6.07) is 9.70. The van der Waals surface area contributed by atoms with Crippen molar-refractivity contribution < 1.29 is 4.79 Å². The fourth-order valence-corrected chi connectivity index (χ4v) is 3.05. The number of rotatable bonds is 4. The average molecular weight is 381 g/mol. The average Bonchev–Trinajstić information content (AvgIpc) is 2.61. The number of hydrogen-bond donors (Lipinski definition) is 2. The van der Waals surface area contributed by atoms with E-state index in [0.29, 0.717) is 16.5 Å². The molecule has 0 aliphatic carbocycles. The van der Waals surface area contributed by atoms with Crippen molar-refractivity contribution >= 4 is 34.8 Å². The van der Waals surface area contributed by atoms with E-state index in [4.69, 9.17) is 11.6 Å². The minimum absolute atomic E-state index is 0.241. The Morgan fingerprint density at radius 2 is 1.56 bits per heavy atom. The topological polar surface area (TPSA) is 66.9 Å². The van der Waals surface area contributed by atoms with E-state index in [2.05, 4.69) is 20.6 Å². The minimum Gasteiger partial charge on any atom is -0.324 e. The Hall–Kier alpha value is -2.92. The summed E-state index contributed by atoms with van der Waals surface area (Å²) >= 11 is 6.13. The van der Waals surface area contributed by atoms with E-state index >= 15 is 0 Å². The van der Waals surface area contributed by atoms with Crippen molar-refractivity contribution in [1.82, 2.24) is 9.97 Å². The van der Waals surface area contributed by atoms with E-state index in [1.165, 1.54) is 12.4 Å². The van der Waals surface area contributed by atoms with Crippen LogP contribution < -0.4 is 10.6 Å². The molecule has 3 aromatic rings. The lowest BCUT2D eigenvalue weighted by molar-refractivity contribution is 0.102. The number of carbonyl (C=O) groups is 1. The summed E-state index contributed by atoms with van der Waals surface area (Å²) in [5.74, 6) is 0.157. The van der Waals surface area contributed by atoms with Crippen molar-refractivity contribution in [2.75, 3.05) is 10.6 Å². The molecule has 1 aromatic heterocycles. The lowest BCUT2D eigenvalue weighted by atomic mass is 10.0. The second-order valence-corrected chi connectivity index (χ2v) is 7.02. The van der Waals surface area contributed by atoms with Gasteiger partial charge >= 0.3 is 0 Å². The summed E-state index contributed by atoms with van der Waals surface area (Å²) in [7, 11) is 0. The fourth-order valence-electron chi connectivity index (χ4n) is 2.87. The number of carbonyl (C=O) groups excluding carboxylic acids is 1. The molecule has 0 fully saturated rings. The van der Waals surface area contributed by atoms with Crippen LogP contribution in [-0.2, 0) is 0 Å². The minimum atomic E-state index is -0.241. The van der Waals surface area contributed by atoms with Crippen molar-refractivity contribution in [2.24, 2.45) is 0 Å². The van der Waals surface area contributed by atoms with Gasteiger partial charge in [0.05, 0.1) is 5.56 Å². The normalized spacial score (nSPS) is 10.6. The molecule has 0 spiro atoms. The van der Waals surface area contributed by atoms with Gasteiger partial charge in [0, 0.05) is 28.8 Å². The maximum atomic E-state index is 12.5. The molecule has 0 saturated heterocycles. The molecule has 1 heterocycles. The molecule has 0 aliphatic heterocycles. The summed E-state index contributed by atoms with van der Waals surface area (Å²) in [4.78, 5) is 21.0. The quantitative estimate of drug-likeness (QED) is 0.639. The highest BCUT2D eigenvalue weighted by Gasteiger charge is 2.11. The van der Waals surface area contributed by atoms with Gasteiger partial charge in [-0.05, 0) is 56.5 Å². The van der Waals surface area contributed by atoms with Crippen molar-refractivity contribution in [3.05, 3.63) is 75.6 Å². The predicted octanol–water partition coefficient (Wildman–Crippen LogP) is 5.36. The van der Waals surface area contributed by atoms with Gasteiger partial charge in [-0.2, -0.15) is 0 Å². The van der Waals surface area contributed by atoms with Crippen molar-refractivity contribution in [3.8, 4) is 0 Å². The first-order valence-corrected chi connectivity index (χ1v) is 8.95. The number of aryl methyl sites for hydroxylation is 4. The molecule has 0 aliphatic rings. The van der Waals surface area contributed by atoms with Crippen LogP contribution in [0.15, 0.2) is 42.7 Å². The van der Waals surface area contributed by atoms with Gasteiger partial charge in [-0.15, -0.1) is 0 Å². The van der Waals surface area contributed by atoms with Gasteiger partial charge in [0.25, 0.3) is 5.91 Å².